The van der Waals surface area contributed by atoms with Gasteiger partial charge in [0, 0.05) is 13.1 Å². The minimum atomic E-state index is 0.291. The molecule has 1 atom stereocenters. The normalized spacial score (nSPS) is 13.2. The van der Waals surface area contributed by atoms with Crippen molar-refractivity contribution in [3.05, 3.63) is 5.89 Å². The van der Waals surface area contributed by atoms with Crippen LogP contribution in [0.4, 0.5) is 6.01 Å². The largest absolute Gasteiger partial charge is 0.407 e. The molecule has 0 bridgehead atoms. The molecule has 15 heavy (non-hydrogen) atoms. The highest BCUT2D eigenvalue weighted by atomic mass is 16.4. The Balaban J connectivity index is 2.62. The van der Waals surface area contributed by atoms with Gasteiger partial charge >= 0.3 is 6.01 Å². The number of hydrogen-bond acceptors (Lipinski definition) is 5. The third-order valence-electron chi connectivity index (χ3n) is 2.41. The molecule has 5 nitrogen and oxygen atoms in total. The molecule has 1 aromatic heterocycles. The van der Waals surface area contributed by atoms with Crippen molar-refractivity contribution in [2.24, 2.45) is 11.7 Å². The molecule has 0 spiro atoms. The number of rotatable bonds is 5. The van der Waals surface area contributed by atoms with Gasteiger partial charge in [-0.25, -0.2) is 0 Å². The third kappa shape index (κ3) is 3.20. The topological polar surface area (TPSA) is 68.2 Å². The highest BCUT2D eigenvalue weighted by molar-refractivity contribution is 5.23. The Bertz CT molecular complexity index is 297. The Morgan fingerprint density at radius 2 is 2.00 bits per heavy atom. The number of nitrogens with zero attached hydrogens (tertiary/aromatic N) is 3. The van der Waals surface area contributed by atoms with Crippen LogP contribution in [0.1, 0.15) is 33.1 Å². The van der Waals surface area contributed by atoms with E-state index in [0.29, 0.717) is 30.4 Å². The Labute approximate surface area is 90.7 Å². The van der Waals surface area contributed by atoms with Crippen molar-refractivity contribution in [2.45, 2.75) is 39.8 Å². The summed E-state index contributed by atoms with van der Waals surface area (Å²) in [7, 11) is 1.96. The fraction of sp³-hybridized carbons (Fsp3) is 0.800. The SMILES string of the molecule is CC(C)CC(C)N(C)c1nnc(CN)o1. The molecule has 0 aliphatic carbocycles. The summed E-state index contributed by atoms with van der Waals surface area (Å²) in [5.74, 6) is 1.13. The van der Waals surface area contributed by atoms with E-state index in [1.807, 2.05) is 11.9 Å². The molecule has 2 N–H and O–H groups in total. The van der Waals surface area contributed by atoms with Gasteiger partial charge in [0.2, 0.25) is 5.89 Å². The Morgan fingerprint density at radius 1 is 1.33 bits per heavy atom. The Morgan fingerprint density at radius 3 is 2.47 bits per heavy atom. The lowest BCUT2D eigenvalue weighted by Crippen LogP contribution is -2.30. The lowest BCUT2D eigenvalue weighted by Gasteiger charge is -2.23. The maximum Gasteiger partial charge on any atom is 0.318 e. The zero-order chi connectivity index (χ0) is 11.4. The van der Waals surface area contributed by atoms with Gasteiger partial charge in [0.15, 0.2) is 0 Å². The fourth-order valence-electron chi connectivity index (χ4n) is 1.50. The Hall–Kier alpha value is -1.10. The molecule has 0 fully saturated rings. The number of anilines is 1. The highest BCUT2D eigenvalue weighted by Gasteiger charge is 2.16. The molecular weight excluding hydrogens is 192 g/mol. The van der Waals surface area contributed by atoms with Gasteiger partial charge in [0.1, 0.15) is 0 Å². The molecule has 0 aliphatic heterocycles. The number of hydrogen-bond donors (Lipinski definition) is 1. The zero-order valence-electron chi connectivity index (χ0n) is 9.90. The predicted octanol–water partition coefficient (Wildman–Crippen LogP) is 1.40. The molecule has 0 aromatic carbocycles. The molecule has 1 unspecified atom stereocenters. The fourth-order valence-corrected chi connectivity index (χ4v) is 1.50. The lowest BCUT2D eigenvalue weighted by atomic mass is 10.0. The second-order valence-corrected chi connectivity index (χ2v) is 4.27. The van der Waals surface area contributed by atoms with Crippen LogP contribution in [0.25, 0.3) is 0 Å². The highest BCUT2D eigenvalue weighted by Crippen LogP contribution is 2.17. The summed E-state index contributed by atoms with van der Waals surface area (Å²) in [4.78, 5) is 1.99. The van der Waals surface area contributed by atoms with Crippen LogP contribution in [0.3, 0.4) is 0 Å². The summed E-state index contributed by atoms with van der Waals surface area (Å²) in [5.41, 5.74) is 5.41. The first-order valence-corrected chi connectivity index (χ1v) is 5.29. The molecule has 0 saturated carbocycles. The van der Waals surface area contributed by atoms with Crippen LogP contribution in [0, 0.1) is 5.92 Å². The van der Waals surface area contributed by atoms with Gasteiger partial charge < -0.3 is 15.1 Å². The maximum absolute atomic E-state index is 5.41. The maximum atomic E-state index is 5.41. The van der Waals surface area contributed by atoms with E-state index in [2.05, 4.69) is 31.0 Å². The van der Waals surface area contributed by atoms with Crippen molar-refractivity contribution in [1.82, 2.24) is 10.2 Å². The number of aromatic nitrogens is 2. The zero-order valence-corrected chi connectivity index (χ0v) is 9.90. The van der Waals surface area contributed by atoms with E-state index in [-0.39, 0.29) is 0 Å². The third-order valence-corrected chi connectivity index (χ3v) is 2.41. The standard InChI is InChI=1S/C10H20N4O/c1-7(2)5-8(3)14(4)10-13-12-9(6-11)15-10/h7-8H,5-6,11H2,1-4H3. The van der Waals surface area contributed by atoms with Crippen molar-refractivity contribution in [3.8, 4) is 0 Å². The molecule has 0 amide bonds. The molecular formula is C10H20N4O. The van der Waals surface area contributed by atoms with Crippen molar-refractivity contribution >= 4 is 6.01 Å². The first kappa shape index (κ1) is 12.0. The van der Waals surface area contributed by atoms with Crippen LogP contribution >= 0.6 is 0 Å². The van der Waals surface area contributed by atoms with Crippen LogP contribution in [0.15, 0.2) is 4.42 Å². The molecule has 0 radical (unpaired) electrons. The first-order valence-electron chi connectivity index (χ1n) is 5.29. The van der Waals surface area contributed by atoms with Crippen molar-refractivity contribution in [1.29, 1.82) is 0 Å². The molecule has 5 heteroatoms. The quantitative estimate of drug-likeness (QED) is 0.799. The van der Waals surface area contributed by atoms with Gasteiger partial charge in [0.05, 0.1) is 6.54 Å². The summed E-state index contributed by atoms with van der Waals surface area (Å²) in [5, 5.41) is 7.78. The second kappa shape index (κ2) is 5.11. The average molecular weight is 212 g/mol. The van der Waals surface area contributed by atoms with Crippen LogP contribution in [-0.4, -0.2) is 23.3 Å². The van der Waals surface area contributed by atoms with E-state index in [4.69, 9.17) is 10.2 Å². The molecule has 0 saturated heterocycles. The lowest BCUT2D eigenvalue weighted by molar-refractivity contribution is 0.448. The minimum Gasteiger partial charge on any atom is -0.407 e. The molecule has 0 aliphatic rings. The second-order valence-electron chi connectivity index (χ2n) is 4.27. The Kier molecular flexibility index (Phi) is 4.08. The van der Waals surface area contributed by atoms with Gasteiger partial charge in [-0.2, -0.15) is 0 Å². The van der Waals surface area contributed by atoms with Gasteiger partial charge in [-0.3, -0.25) is 0 Å². The van der Waals surface area contributed by atoms with E-state index in [1.165, 1.54) is 0 Å². The van der Waals surface area contributed by atoms with Crippen molar-refractivity contribution in [2.75, 3.05) is 11.9 Å². The van der Waals surface area contributed by atoms with E-state index < -0.39 is 0 Å². The molecule has 1 rings (SSSR count). The summed E-state index contributed by atoms with van der Waals surface area (Å²) >= 11 is 0. The summed E-state index contributed by atoms with van der Waals surface area (Å²) in [6, 6.07) is 0.930. The molecule has 1 heterocycles. The monoisotopic (exact) mass is 212 g/mol. The van der Waals surface area contributed by atoms with Crippen LogP contribution in [0.2, 0.25) is 0 Å². The van der Waals surface area contributed by atoms with E-state index in [0.717, 1.165) is 6.42 Å². The van der Waals surface area contributed by atoms with Crippen molar-refractivity contribution < 1.29 is 4.42 Å². The van der Waals surface area contributed by atoms with Crippen molar-refractivity contribution in [3.63, 3.8) is 0 Å². The average Bonchev–Trinajstić information content (AvgIpc) is 2.63. The summed E-state index contributed by atoms with van der Waals surface area (Å²) in [6.45, 7) is 6.83. The van der Waals surface area contributed by atoms with Crippen LogP contribution in [0.5, 0.6) is 0 Å². The molecule has 1 aromatic rings. The van der Waals surface area contributed by atoms with E-state index >= 15 is 0 Å². The van der Waals surface area contributed by atoms with Gasteiger partial charge in [-0.15, -0.1) is 5.10 Å². The number of nitrogens with two attached hydrogens (primary N) is 1. The molecule has 86 valence electrons. The van der Waals surface area contributed by atoms with Crippen LogP contribution < -0.4 is 10.6 Å². The summed E-state index contributed by atoms with van der Waals surface area (Å²) in [6.07, 6.45) is 1.09. The van der Waals surface area contributed by atoms with Gasteiger partial charge in [0.25, 0.3) is 0 Å². The van der Waals surface area contributed by atoms with E-state index in [9.17, 15) is 0 Å². The van der Waals surface area contributed by atoms with Gasteiger partial charge in [-0.1, -0.05) is 18.9 Å². The van der Waals surface area contributed by atoms with Gasteiger partial charge in [-0.05, 0) is 19.3 Å². The van der Waals surface area contributed by atoms with E-state index in [1.54, 1.807) is 0 Å². The smallest absolute Gasteiger partial charge is 0.318 e. The van der Waals surface area contributed by atoms with Crippen LogP contribution in [-0.2, 0) is 6.54 Å². The summed E-state index contributed by atoms with van der Waals surface area (Å²) < 4.78 is 5.38. The minimum absolute atomic E-state index is 0.291. The first-order chi connectivity index (χ1) is 7.04. The predicted molar refractivity (Wildman–Crippen MR) is 59.5 cm³/mol.